The van der Waals surface area contributed by atoms with E-state index in [1.165, 1.54) is 0 Å². The number of nitrogens with one attached hydrogen (secondary N) is 1. The first-order valence-electron chi connectivity index (χ1n) is 8.94. The van der Waals surface area contributed by atoms with Gasteiger partial charge in [0.05, 0.1) is 16.8 Å². The van der Waals surface area contributed by atoms with Crippen LogP contribution in [0.1, 0.15) is 25.3 Å². The van der Waals surface area contributed by atoms with Crippen LogP contribution in [-0.2, 0) is 10.0 Å². The van der Waals surface area contributed by atoms with Crippen LogP contribution in [0, 0.1) is 0 Å². The largest absolute Gasteiger partial charge is 0.326 e. The van der Waals surface area contributed by atoms with Gasteiger partial charge < -0.3 is 9.88 Å². The minimum absolute atomic E-state index is 0.0391. The molecule has 0 unspecified atom stereocenters. The highest BCUT2D eigenvalue weighted by atomic mass is 32.2. The predicted octanol–water partition coefficient (Wildman–Crippen LogP) is 1.00. The number of para-hydroxylation sites is 2. The summed E-state index contributed by atoms with van der Waals surface area (Å²) in [6.07, 6.45) is 2.57. The van der Waals surface area contributed by atoms with E-state index in [0.717, 1.165) is 49.9 Å². The second-order valence-electron chi connectivity index (χ2n) is 6.96. The summed E-state index contributed by atoms with van der Waals surface area (Å²) in [6, 6.07) is 8.00. The highest BCUT2D eigenvalue weighted by Gasteiger charge is 2.29. The van der Waals surface area contributed by atoms with Crippen molar-refractivity contribution in [2.45, 2.75) is 25.3 Å². The van der Waals surface area contributed by atoms with E-state index in [-0.39, 0.29) is 11.7 Å². The van der Waals surface area contributed by atoms with Crippen molar-refractivity contribution in [3.05, 3.63) is 34.7 Å². The van der Waals surface area contributed by atoms with E-state index < -0.39 is 10.0 Å². The molecule has 136 valence electrons. The smallest absolute Gasteiger partial charge is 0.306 e. The summed E-state index contributed by atoms with van der Waals surface area (Å²) in [7, 11) is -3.01. The van der Waals surface area contributed by atoms with Crippen LogP contribution in [0.4, 0.5) is 0 Å². The van der Waals surface area contributed by atoms with Crippen molar-refractivity contribution in [2.24, 2.45) is 0 Å². The number of hydrogen-bond donors (Lipinski definition) is 1. The van der Waals surface area contributed by atoms with E-state index in [9.17, 15) is 13.2 Å². The molecule has 3 heterocycles. The lowest BCUT2D eigenvalue weighted by Gasteiger charge is -2.33. The third-order valence-corrected chi connectivity index (χ3v) is 7.37. The minimum Gasteiger partial charge on any atom is -0.306 e. The molecule has 0 aliphatic carbocycles. The Hall–Kier alpha value is -1.64. The molecule has 0 amide bonds. The number of imidazole rings is 1. The van der Waals surface area contributed by atoms with Crippen LogP contribution < -0.4 is 5.69 Å². The standard InChI is InChI=1S/C17H24N4O3S/c22-17-18-15-4-1-2-5-16(15)21(17)14-6-9-19(10-7-14)11-12-20-8-3-13-25(20,23)24/h1-2,4-5,14H,3,6-13H2,(H,18,22). The van der Waals surface area contributed by atoms with Crippen LogP contribution in [-0.4, -0.2) is 65.7 Å². The van der Waals surface area contributed by atoms with Gasteiger partial charge in [0.2, 0.25) is 10.0 Å². The normalized spacial score (nSPS) is 22.7. The molecule has 1 N–H and O–H groups in total. The molecule has 7 nitrogen and oxygen atoms in total. The maximum atomic E-state index is 12.3. The molecule has 25 heavy (non-hydrogen) atoms. The molecule has 2 saturated heterocycles. The van der Waals surface area contributed by atoms with Crippen molar-refractivity contribution >= 4 is 21.1 Å². The van der Waals surface area contributed by atoms with Crippen molar-refractivity contribution in [1.29, 1.82) is 0 Å². The number of nitrogens with zero attached hydrogens (tertiary/aromatic N) is 3. The fourth-order valence-electron chi connectivity index (χ4n) is 4.03. The van der Waals surface area contributed by atoms with E-state index in [4.69, 9.17) is 0 Å². The fourth-order valence-corrected chi connectivity index (χ4v) is 5.55. The average molecular weight is 364 g/mol. The highest BCUT2D eigenvalue weighted by molar-refractivity contribution is 7.89. The second-order valence-corrected chi connectivity index (χ2v) is 9.05. The predicted molar refractivity (Wildman–Crippen MR) is 97.2 cm³/mol. The van der Waals surface area contributed by atoms with Gasteiger partial charge in [0, 0.05) is 38.8 Å². The topological polar surface area (TPSA) is 78.4 Å². The summed E-state index contributed by atoms with van der Waals surface area (Å²) < 4.78 is 27.2. The third kappa shape index (κ3) is 3.26. The van der Waals surface area contributed by atoms with Crippen molar-refractivity contribution in [3.63, 3.8) is 0 Å². The molecule has 0 atom stereocenters. The number of aromatic amines is 1. The zero-order valence-corrected chi connectivity index (χ0v) is 15.0. The zero-order chi connectivity index (χ0) is 17.4. The molecular formula is C17H24N4O3S. The van der Waals surface area contributed by atoms with Gasteiger partial charge in [0.1, 0.15) is 0 Å². The van der Waals surface area contributed by atoms with E-state index in [1.54, 1.807) is 4.31 Å². The van der Waals surface area contributed by atoms with Gasteiger partial charge in [0.25, 0.3) is 0 Å². The molecule has 2 aromatic rings. The number of piperidine rings is 1. The van der Waals surface area contributed by atoms with Crippen molar-refractivity contribution in [2.75, 3.05) is 38.5 Å². The Bertz CT molecular complexity index is 909. The molecule has 1 aromatic heterocycles. The number of aromatic nitrogens is 2. The molecule has 2 aliphatic rings. The minimum atomic E-state index is -3.01. The Morgan fingerprint density at radius 3 is 2.56 bits per heavy atom. The number of benzene rings is 1. The molecule has 8 heteroatoms. The number of sulfonamides is 1. The maximum Gasteiger partial charge on any atom is 0.326 e. The Morgan fingerprint density at radius 1 is 1.08 bits per heavy atom. The van der Waals surface area contributed by atoms with Crippen LogP contribution in [0.25, 0.3) is 11.0 Å². The van der Waals surface area contributed by atoms with Gasteiger partial charge >= 0.3 is 5.69 Å². The van der Waals surface area contributed by atoms with E-state index in [2.05, 4.69) is 9.88 Å². The third-order valence-electron chi connectivity index (χ3n) is 5.42. The second kappa shape index (κ2) is 6.59. The summed E-state index contributed by atoms with van der Waals surface area (Å²) in [4.78, 5) is 17.5. The summed E-state index contributed by atoms with van der Waals surface area (Å²) in [5, 5.41) is 0. The van der Waals surface area contributed by atoms with E-state index >= 15 is 0 Å². The fraction of sp³-hybridized carbons (Fsp3) is 0.588. The molecule has 2 fully saturated rings. The lowest BCUT2D eigenvalue weighted by Crippen LogP contribution is -2.41. The maximum absolute atomic E-state index is 12.3. The summed E-state index contributed by atoms with van der Waals surface area (Å²) in [5.41, 5.74) is 1.81. The molecule has 0 radical (unpaired) electrons. The number of H-pyrrole nitrogens is 1. The number of rotatable bonds is 4. The van der Waals surface area contributed by atoms with E-state index in [1.807, 2.05) is 28.8 Å². The molecule has 0 spiro atoms. The Labute approximate surface area is 147 Å². The summed E-state index contributed by atoms with van der Waals surface area (Å²) in [5.74, 6) is 0.290. The first-order valence-corrected chi connectivity index (χ1v) is 10.5. The van der Waals surface area contributed by atoms with Gasteiger partial charge in [-0.3, -0.25) is 4.57 Å². The molecule has 0 bridgehead atoms. The first-order chi connectivity index (χ1) is 12.0. The van der Waals surface area contributed by atoms with Crippen LogP contribution in [0.15, 0.2) is 29.1 Å². The SMILES string of the molecule is O=c1[nH]c2ccccc2n1C1CCN(CCN2CCCS2(=O)=O)CC1. The van der Waals surface area contributed by atoms with Gasteiger partial charge in [-0.15, -0.1) is 0 Å². The Kier molecular flexibility index (Phi) is 4.43. The zero-order valence-electron chi connectivity index (χ0n) is 14.2. The van der Waals surface area contributed by atoms with E-state index in [0.29, 0.717) is 18.8 Å². The Morgan fingerprint density at radius 2 is 1.84 bits per heavy atom. The summed E-state index contributed by atoms with van der Waals surface area (Å²) in [6.45, 7) is 3.80. The average Bonchev–Trinajstić information content (AvgIpc) is 3.11. The molecule has 4 rings (SSSR count). The van der Waals surface area contributed by atoms with Crippen LogP contribution in [0.2, 0.25) is 0 Å². The van der Waals surface area contributed by atoms with Gasteiger partial charge in [-0.2, -0.15) is 0 Å². The van der Waals surface area contributed by atoms with Gasteiger partial charge in [-0.25, -0.2) is 17.5 Å². The van der Waals surface area contributed by atoms with Gasteiger partial charge in [-0.05, 0) is 31.4 Å². The molecule has 1 aromatic carbocycles. The highest BCUT2D eigenvalue weighted by Crippen LogP contribution is 2.25. The van der Waals surface area contributed by atoms with Crippen molar-refractivity contribution in [1.82, 2.24) is 18.8 Å². The quantitative estimate of drug-likeness (QED) is 0.878. The monoisotopic (exact) mass is 364 g/mol. The lowest BCUT2D eigenvalue weighted by atomic mass is 10.0. The van der Waals surface area contributed by atoms with Crippen molar-refractivity contribution < 1.29 is 8.42 Å². The van der Waals surface area contributed by atoms with Crippen LogP contribution in [0.5, 0.6) is 0 Å². The van der Waals surface area contributed by atoms with Gasteiger partial charge in [-0.1, -0.05) is 12.1 Å². The molecule has 0 saturated carbocycles. The number of likely N-dealkylation sites (tertiary alicyclic amines) is 1. The first kappa shape index (κ1) is 16.8. The van der Waals surface area contributed by atoms with Gasteiger partial charge in [0.15, 0.2) is 0 Å². The van der Waals surface area contributed by atoms with Crippen LogP contribution >= 0.6 is 0 Å². The molecule has 2 aliphatic heterocycles. The number of hydrogen-bond acceptors (Lipinski definition) is 4. The summed E-state index contributed by atoms with van der Waals surface area (Å²) >= 11 is 0. The number of fused-ring (bicyclic) bond motifs is 1. The lowest BCUT2D eigenvalue weighted by molar-refractivity contribution is 0.178. The Balaban J connectivity index is 1.38. The van der Waals surface area contributed by atoms with Crippen LogP contribution in [0.3, 0.4) is 0 Å². The molecular weight excluding hydrogens is 340 g/mol. The van der Waals surface area contributed by atoms with Crippen molar-refractivity contribution in [3.8, 4) is 0 Å².